The lowest BCUT2D eigenvalue weighted by atomic mass is 10.2. The number of nitrogens with zero attached hydrogens (tertiary/aromatic N) is 2. The number of rotatable bonds is 6. The SMILES string of the molecule is CCOC(=O)c1cnn(Cc2ccc(OC)cc2)c1C(F)F. The largest absolute Gasteiger partial charge is 0.497 e. The number of ether oxygens (including phenoxy) is 2. The molecule has 1 heterocycles. The summed E-state index contributed by atoms with van der Waals surface area (Å²) in [6.07, 6.45) is -1.71. The van der Waals surface area contributed by atoms with Gasteiger partial charge in [0.15, 0.2) is 0 Å². The maximum atomic E-state index is 13.3. The normalized spacial score (nSPS) is 10.8. The van der Waals surface area contributed by atoms with Crippen LogP contribution >= 0.6 is 0 Å². The van der Waals surface area contributed by atoms with Crippen LogP contribution in [0.1, 0.15) is 35.0 Å². The minimum atomic E-state index is -2.82. The van der Waals surface area contributed by atoms with E-state index in [4.69, 9.17) is 9.47 Å². The van der Waals surface area contributed by atoms with Crippen LogP contribution in [0.3, 0.4) is 0 Å². The lowest BCUT2D eigenvalue weighted by Gasteiger charge is -2.09. The fraction of sp³-hybridized carbons (Fsp3) is 0.333. The van der Waals surface area contributed by atoms with Gasteiger partial charge >= 0.3 is 5.97 Å². The van der Waals surface area contributed by atoms with E-state index in [0.717, 1.165) is 16.4 Å². The van der Waals surface area contributed by atoms with Crippen molar-refractivity contribution in [2.24, 2.45) is 0 Å². The molecular weight excluding hydrogens is 294 g/mol. The zero-order valence-corrected chi connectivity index (χ0v) is 12.3. The maximum absolute atomic E-state index is 13.3. The quantitative estimate of drug-likeness (QED) is 0.770. The third kappa shape index (κ3) is 3.41. The molecule has 118 valence electrons. The Morgan fingerprint density at radius 1 is 1.32 bits per heavy atom. The van der Waals surface area contributed by atoms with Gasteiger partial charge in [0, 0.05) is 0 Å². The summed E-state index contributed by atoms with van der Waals surface area (Å²) < 4.78 is 37.4. The molecule has 0 aliphatic heterocycles. The Balaban J connectivity index is 2.28. The van der Waals surface area contributed by atoms with Crippen LogP contribution in [0.4, 0.5) is 8.78 Å². The fourth-order valence-corrected chi connectivity index (χ4v) is 2.02. The van der Waals surface area contributed by atoms with Crippen molar-refractivity contribution in [2.75, 3.05) is 13.7 Å². The predicted molar refractivity (Wildman–Crippen MR) is 75.2 cm³/mol. The summed E-state index contributed by atoms with van der Waals surface area (Å²) in [5, 5.41) is 3.88. The number of carbonyl (C=O) groups is 1. The van der Waals surface area contributed by atoms with Gasteiger partial charge in [-0.1, -0.05) is 12.1 Å². The minimum Gasteiger partial charge on any atom is -0.497 e. The van der Waals surface area contributed by atoms with E-state index in [-0.39, 0.29) is 18.7 Å². The second-order valence-electron chi connectivity index (χ2n) is 4.47. The Labute approximate surface area is 126 Å². The van der Waals surface area contributed by atoms with E-state index in [9.17, 15) is 13.6 Å². The molecule has 0 aliphatic carbocycles. The number of hydrogen-bond donors (Lipinski definition) is 0. The molecule has 0 atom stereocenters. The van der Waals surface area contributed by atoms with Crippen molar-refractivity contribution < 1.29 is 23.0 Å². The Morgan fingerprint density at radius 2 is 2.00 bits per heavy atom. The summed E-state index contributed by atoms with van der Waals surface area (Å²) in [4.78, 5) is 11.7. The molecule has 0 saturated carbocycles. The van der Waals surface area contributed by atoms with Crippen molar-refractivity contribution in [1.82, 2.24) is 9.78 Å². The second kappa shape index (κ2) is 7.02. The predicted octanol–water partition coefficient (Wildman–Crippen LogP) is 3.05. The molecule has 7 heteroatoms. The highest BCUT2D eigenvalue weighted by atomic mass is 19.3. The number of esters is 1. The molecule has 0 spiro atoms. The van der Waals surface area contributed by atoms with Crippen LogP contribution in [0.15, 0.2) is 30.5 Å². The lowest BCUT2D eigenvalue weighted by Crippen LogP contribution is -2.11. The number of benzene rings is 1. The summed E-state index contributed by atoms with van der Waals surface area (Å²) in [6, 6.07) is 6.96. The molecule has 0 bridgehead atoms. The van der Waals surface area contributed by atoms with Crippen LogP contribution in [0.2, 0.25) is 0 Å². The third-order valence-corrected chi connectivity index (χ3v) is 3.07. The number of methoxy groups -OCH3 is 1. The molecule has 2 rings (SSSR count). The van der Waals surface area contributed by atoms with Gasteiger partial charge in [-0.15, -0.1) is 0 Å². The van der Waals surface area contributed by atoms with Crippen molar-refractivity contribution >= 4 is 5.97 Å². The fourth-order valence-electron chi connectivity index (χ4n) is 2.02. The highest BCUT2D eigenvalue weighted by Gasteiger charge is 2.25. The Kier molecular flexibility index (Phi) is 5.08. The van der Waals surface area contributed by atoms with E-state index in [1.165, 1.54) is 0 Å². The van der Waals surface area contributed by atoms with Gasteiger partial charge in [-0.2, -0.15) is 5.10 Å². The monoisotopic (exact) mass is 310 g/mol. The summed E-state index contributed by atoms with van der Waals surface area (Å²) >= 11 is 0. The Hall–Kier alpha value is -2.44. The topological polar surface area (TPSA) is 53.3 Å². The van der Waals surface area contributed by atoms with E-state index in [1.54, 1.807) is 38.3 Å². The number of carbonyl (C=O) groups excluding carboxylic acids is 1. The van der Waals surface area contributed by atoms with Crippen molar-refractivity contribution in [1.29, 1.82) is 0 Å². The van der Waals surface area contributed by atoms with Crippen LogP contribution in [0, 0.1) is 0 Å². The van der Waals surface area contributed by atoms with Gasteiger partial charge in [0.05, 0.1) is 26.5 Å². The molecule has 1 aromatic carbocycles. The highest BCUT2D eigenvalue weighted by molar-refractivity contribution is 5.90. The molecule has 0 unspecified atom stereocenters. The molecule has 0 saturated heterocycles. The van der Waals surface area contributed by atoms with Crippen LogP contribution < -0.4 is 4.74 Å². The molecule has 0 radical (unpaired) electrons. The molecule has 0 amide bonds. The third-order valence-electron chi connectivity index (χ3n) is 3.07. The smallest absolute Gasteiger partial charge is 0.341 e. The first-order valence-electron chi connectivity index (χ1n) is 6.70. The van der Waals surface area contributed by atoms with Crippen LogP contribution in [0.25, 0.3) is 0 Å². The summed E-state index contributed by atoms with van der Waals surface area (Å²) in [5.74, 6) is -0.121. The van der Waals surface area contributed by atoms with Crippen LogP contribution in [-0.4, -0.2) is 29.5 Å². The van der Waals surface area contributed by atoms with Crippen molar-refractivity contribution in [2.45, 2.75) is 19.9 Å². The van der Waals surface area contributed by atoms with Crippen molar-refractivity contribution in [3.8, 4) is 5.75 Å². The lowest BCUT2D eigenvalue weighted by molar-refractivity contribution is 0.0513. The second-order valence-corrected chi connectivity index (χ2v) is 4.47. The van der Waals surface area contributed by atoms with Crippen molar-refractivity contribution in [3.05, 3.63) is 47.3 Å². The molecule has 0 fully saturated rings. The van der Waals surface area contributed by atoms with Gasteiger partial charge in [-0.05, 0) is 24.6 Å². The summed E-state index contributed by atoms with van der Waals surface area (Å²) in [6.45, 7) is 1.86. The van der Waals surface area contributed by atoms with Crippen LogP contribution in [0.5, 0.6) is 5.75 Å². The number of alkyl halides is 2. The zero-order valence-electron chi connectivity index (χ0n) is 12.3. The van der Waals surface area contributed by atoms with Crippen molar-refractivity contribution in [3.63, 3.8) is 0 Å². The van der Waals surface area contributed by atoms with Gasteiger partial charge in [-0.25, -0.2) is 13.6 Å². The Morgan fingerprint density at radius 3 is 2.55 bits per heavy atom. The van der Waals surface area contributed by atoms with E-state index < -0.39 is 18.1 Å². The standard InChI is InChI=1S/C15H16F2N2O3/c1-3-22-15(20)12-8-18-19(13(12)14(16)17)9-10-4-6-11(21-2)7-5-10/h4-8,14H,3,9H2,1-2H3. The average Bonchev–Trinajstić information content (AvgIpc) is 2.92. The first-order valence-corrected chi connectivity index (χ1v) is 6.70. The highest BCUT2D eigenvalue weighted by Crippen LogP contribution is 2.24. The van der Waals surface area contributed by atoms with Gasteiger partial charge in [0.2, 0.25) is 0 Å². The summed E-state index contributed by atoms with van der Waals surface area (Å²) in [5.41, 5.74) is 0.126. The first-order chi connectivity index (χ1) is 10.6. The molecule has 5 nitrogen and oxygen atoms in total. The molecule has 2 aromatic rings. The number of halogens is 2. The average molecular weight is 310 g/mol. The first kappa shape index (κ1) is 15.9. The Bertz CT molecular complexity index is 639. The molecule has 1 aromatic heterocycles. The van der Waals surface area contributed by atoms with E-state index in [1.807, 2.05) is 0 Å². The number of hydrogen-bond acceptors (Lipinski definition) is 4. The molecule has 0 N–H and O–H groups in total. The van der Waals surface area contributed by atoms with Crippen LogP contribution in [-0.2, 0) is 11.3 Å². The molecule has 22 heavy (non-hydrogen) atoms. The van der Waals surface area contributed by atoms with E-state index in [2.05, 4.69) is 5.10 Å². The maximum Gasteiger partial charge on any atom is 0.341 e. The van der Waals surface area contributed by atoms with Gasteiger partial charge < -0.3 is 9.47 Å². The van der Waals surface area contributed by atoms with E-state index in [0.29, 0.717) is 5.75 Å². The van der Waals surface area contributed by atoms with E-state index >= 15 is 0 Å². The minimum absolute atomic E-state index is 0.116. The van der Waals surface area contributed by atoms with Gasteiger partial charge in [-0.3, -0.25) is 4.68 Å². The molecular formula is C15H16F2N2O3. The number of aromatic nitrogens is 2. The van der Waals surface area contributed by atoms with Gasteiger partial charge in [0.25, 0.3) is 6.43 Å². The zero-order chi connectivity index (χ0) is 16.1. The summed E-state index contributed by atoms with van der Waals surface area (Å²) in [7, 11) is 1.54. The van der Waals surface area contributed by atoms with Gasteiger partial charge in [0.1, 0.15) is 17.0 Å². The molecule has 0 aliphatic rings.